The normalized spacial score (nSPS) is 9.93. The summed E-state index contributed by atoms with van der Waals surface area (Å²) in [6.45, 7) is 0. The highest BCUT2D eigenvalue weighted by Gasteiger charge is 1.98. The van der Waals surface area contributed by atoms with E-state index in [-0.39, 0.29) is 0 Å². The Hall–Kier alpha value is -1.94. The lowest BCUT2D eigenvalue weighted by Crippen LogP contribution is -2.09. The van der Waals surface area contributed by atoms with Gasteiger partial charge in [0.1, 0.15) is 0 Å². The molecule has 2 aromatic rings. The van der Waals surface area contributed by atoms with E-state index < -0.39 is 0 Å². The highest BCUT2D eigenvalue weighted by molar-refractivity contribution is 5.32. The molecule has 1 heterocycles. The fraction of sp³-hybridized carbons (Fsp3) is 0.0909. The van der Waals surface area contributed by atoms with Crippen LogP contribution in [-0.4, -0.2) is 10.2 Å². The van der Waals surface area contributed by atoms with E-state index in [2.05, 4.69) is 27.8 Å². The predicted octanol–water partition coefficient (Wildman–Crippen LogP) is 1.35. The molecule has 0 fully saturated rings. The molecule has 1 aromatic carbocycles. The minimum absolute atomic E-state index is 0.576. The summed E-state index contributed by atoms with van der Waals surface area (Å²) in [6, 6.07) is 13.9. The van der Waals surface area contributed by atoms with Crippen molar-refractivity contribution in [3.05, 3.63) is 53.7 Å². The molecule has 0 radical (unpaired) electrons. The molecule has 0 saturated heterocycles. The third kappa shape index (κ3) is 2.51. The molecule has 0 bridgehead atoms. The summed E-state index contributed by atoms with van der Waals surface area (Å²) in [5.74, 6) is 5.78. The number of nitrogen functional groups attached to an aromatic ring is 1. The second-order valence-corrected chi connectivity index (χ2v) is 3.22. The summed E-state index contributed by atoms with van der Waals surface area (Å²) in [6.07, 6.45) is 0.790. The Kier molecular flexibility index (Phi) is 2.90. The molecular weight excluding hydrogens is 188 g/mol. The minimum atomic E-state index is 0.576. The number of nitrogens with one attached hydrogen (secondary N) is 1. The number of benzene rings is 1. The van der Waals surface area contributed by atoms with Crippen molar-refractivity contribution in [2.75, 3.05) is 5.43 Å². The van der Waals surface area contributed by atoms with Gasteiger partial charge in [0.15, 0.2) is 5.82 Å². The summed E-state index contributed by atoms with van der Waals surface area (Å²) in [7, 11) is 0. The lowest BCUT2D eigenvalue weighted by atomic mass is 10.1. The predicted molar refractivity (Wildman–Crippen MR) is 59.1 cm³/mol. The van der Waals surface area contributed by atoms with Crippen LogP contribution in [0.15, 0.2) is 42.5 Å². The zero-order chi connectivity index (χ0) is 10.5. The van der Waals surface area contributed by atoms with Gasteiger partial charge in [-0.1, -0.05) is 30.3 Å². The maximum atomic E-state index is 5.20. The van der Waals surface area contributed by atoms with E-state index >= 15 is 0 Å². The quantitative estimate of drug-likeness (QED) is 0.580. The van der Waals surface area contributed by atoms with Gasteiger partial charge in [-0.15, -0.1) is 5.10 Å². The van der Waals surface area contributed by atoms with Crippen LogP contribution in [-0.2, 0) is 6.42 Å². The maximum absolute atomic E-state index is 5.20. The molecule has 15 heavy (non-hydrogen) atoms. The van der Waals surface area contributed by atoms with E-state index in [4.69, 9.17) is 5.84 Å². The number of hydrogen-bond donors (Lipinski definition) is 2. The van der Waals surface area contributed by atoms with Gasteiger partial charge in [0, 0.05) is 6.42 Å². The SMILES string of the molecule is NNc1ccc(Cc2ccccc2)nn1. The molecule has 0 atom stereocenters. The van der Waals surface area contributed by atoms with Crippen LogP contribution in [0.25, 0.3) is 0 Å². The first-order valence-electron chi connectivity index (χ1n) is 4.71. The lowest BCUT2D eigenvalue weighted by molar-refractivity contribution is 0.935. The molecule has 0 saturated carbocycles. The van der Waals surface area contributed by atoms with Crippen LogP contribution in [0, 0.1) is 0 Å². The number of nitrogens with zero attached hydrogens (tertiary/aromatic N) is 2. The molecule has 76 valence electrons. The van der Waals surface area contributed by atoms with Crippen molar-refractivity contribution in [3.8, 4) is 0 Å². The van der Waals surface area contributed by atoms with Gasteiger partial charge in [-0.05, 0) is 17.7 Å². The van der Waals surface area contributed by atoms with Crippen molar-refractivity contribution in [1.29, 1.82) is 0 Å². The Morgan fingerprint density at radius 1 is 1.00 bits per heavy atom. The van der Waals surface area contributed by atoms with Crippen molar-refractivity contribution >= 4 is 5.82 Å². The molecule has 0 aliphatic carbocycles. The molecule has 0 aliphatic heterocycles. The average molecular weight is 200 g/mol. The van der Waals surface area contributed by atoms with E-state index in [0.29, 0.717) is 5.82 Å². The Labute approximate surface area is 88.1 Å². The fourth-order valence-electron chi connectivity index (χ4n) is 1.34. The van der Waals surface area contributed by atoms with Crippen LogP contribution in [0.5, 0.6) is 0 Å². The van der Waals surface area contributed by atoms with E-state index in [1.807, 2.05) is 30.3 Å². The topological polar surface area (TPSA) is 63.8 Å². The first-order chi connectivity index (χ1) is 7.38. The number of rotatable bonds is 3. The van der Waals surface area contributed by atoms with Crippen LogP contribution in [0.3, 0.4) is 0 Å². The van der Waals surface area contributed by atoms with Crippen LogP contribution in [0.4, 0.5) is 5.82 Å². The molecule has 0 amide bonds. The highest BCUT2D eigenvalue weighted by atomic mass is 15.3. The Morgan fingerprint density at radius 2 is 1.80 bits per heavy atom. The largest absolute Gasteiger partial charge is 0.307 e. The third-order valence-corrected chi connectivity index (χ3v) is 2.10. The van der Waals surface area contributed by atoms with Crippen LogP contribution in [0.2, 0.25) is 0 Å². The first kappa shape index (κ1) is 9.61. The molecule has 0 spiro atoms. The van der Waals surface area contributed by atoms with E-state index in [9.17, 15) is 0 Å². The monoisotopic (exact) mass is 200 g/mol. The molecular formula is C11H12N4. The van der Waals surface area contributed by atoms with Crippen molar-refractivity contribution < 1.29 is 0 Å². The number of hydrazine groups is 1. The van der Waals surface area contributed by atoms with Crippen LogP contribution >= 0.6 is 0 Å². The van der Waals surface area contributed by atoms with Gasteiger partial charge < -0.3 is 5.43 Å². The van der Waals surface area contributed by atoms with Crippen molar-refractivity contribution in [2.45, 2.75) is 6.42 Å². The summed E-state index contributed by atoms with van der Waals surface area (Å²) < 4.78 is 0. The molecule has 0 unspecified atom stereocenters. The van der Waals surface area contributed by atoms with Gasteiger partial charge in [-0.25, -0.2) is 5.84 Å². The van der Waals surface area contributed by atoms with E-state index in [1.165, 1.54) is 5.56 Å². The Balaban J connectivity index is 2.11. The third-order valence-electron chi connectivity index (χ3n) is 2.10. The number of nitrogens with two attached hydrogens (primary N) is 1. The zero-order valence-corrected chi connectivity index (χ0v) is 8.22. The van der Waals surface area contributed by atoms with Gasteiger partial charge in [0.05, 0.1) is 5.69 Å². The van der Waals surface area contributed by atoms with Gasteiger partial charge >= 0.3 is 0 Å². The van der Waals surface area contributed by atoms with Crippen molar-refractivity contribution in [2.24, 2.45) is 5.84 Å². The molecule has 0 aliphatic rings. The van der Waals surface area contributed by atoms with E-state index in [0.717, 1.165) is 12.1 Å². The lowest BCUT2D eigenvalue weighted by Gasteiger charge is -2.01. The molecule has 2 rings (SSSR count). The highest BCUT2D eigenvalue weighted by Crippen LogP contribution is 2.07. The van der Waals surface area contributed by atoms with Gasteiger partial charge in [0.2, 0.25) is 0 Å². The van der Waals surface area contributed by atoms with Gasteiger partial charge in [-0.2, -0.15) is 5.10 Å². The maximum Gasteiger partial charge on any atom is 0.162 e. The number of hydrogen-bond acceptors (Lipinski definition) is 4. The van der Waals surface area contributed by atoms with Crippen molar-refractivity contribution in [3.63, 3.8) is 0 Å². The zero-order valence-electron chi connectivity index (χ0n) is 8.22. The first-order valence-corrected chi connectivity index (χ1v) is 4.71. The number of aromatic nitrogens is 2. The van der Waals surface area contributed by atoms with Crippen LogP contribution in [0.1, 0.15) is 11.3 Å². The fourth-order valence-corrected chi connectivity index (χ4v) is 1.34. The number of anilines is 1. The molecule has 4 heteroatoms. The smallest absolute Gasteiger partial charge is 0.162 e. The van der Waals surface area contributed by atoms with Crippen molar-refractivity contribution in [1.82, 2.24) is 10.2 Å². The standard InChI is InChI=1S/C11H12N4/c12-13-11-7-6-10(14-15-11)8-9-4-2-1-3-5-9/h1-7H,8,12H2,(H,13,15). The molecule has 4 nitrogen and oxygen atoms in total. The summed E-state index contributed by atoms with van der Waals surface area (Å²) >= 11 is 0. The second-order valence-electron chi connectivity index (χ2n) is 3.22. The molecule has 1 aromatic heterocycles. The minimum Gasteiger partial charge on any atom is -0.307 e. The van der Waals surface area contributed by atoms with E-state index in [1.54, 1.807) is 0 Å². The van der Waals surface area contributed by atoms with Gasteiger partial charge in [0.25, 0.3) is 0 Å². The Morgan fingerprint density at radius 3 is 2.40 bits per heavy atom. The van der Waals surface area contributed by atoms with Gasteiger partial charge in [-0.3, -0.25) is 0 Å². The second kappa shape index (κ2) is 4.52. The molecule has 3 N–H and O–H groups in total. The van der Waals surface area contributed by atoms with Crippen LogP contribution < -0.4 is 11.3 Å². The summed E-state index contributed by atoms with van der Waals surface area (Å²) in [5.41, 5.74) is 4.60. The summed E-state index contributed by atoms with van der Waals surface area (Å²) in [4.78, 5) is 0. The average Bonchev–Trinajstić information content (AvgIpc) is 2.31. The Bertz CT molecular complexity index is 410. The summed E-state index contributed by atoms with van der Waals surface area (Å²) in [5, 5.41) is 7.96.